The fourth-order valence-electron chi connectivity index (χ4n) is 3.43. The minimum absolute atomic E-state index is 0.463. The molecular weight excluding hydrogens is 240 g/mol. The van der Waals surface area contributed by atoms with Crippen LogP contribution < -0.4 is 0 Å². The highest BCUT2D eigenvalue weighted by Crippen LogP contribution is 2.24. The Balaban J connectivity index is 1.73. The maximum atomic E-state index is 9.93. The van der Waals surface area contributed by atoms with Gasteiger partial charge in [0.1, 0.15) is 12.1 Å². The van der Waals surface area contributed by atoms with E-state index in [0.717, 1.165) is 37.3 Å². The van der Waals surface area contributed by atoms with E-state index in [9.17, 15) is 5.11 Å². The summed E-state index contributed by atoms with van der Waals surface area (Å²) in [5, 5.41) is 14.4. The normalized spacial score (nSPS) is 28.0. The topological polar surface area (TPSA) is 54.2 Å². The van der Waals surface area contributed by atoms with Crippen LogP contribution >= 0.6 is 0 Å². The highest BCUT2D eigenvalue weighted by atomic mass is 16.3. The standard InChI is InChI=1S/C14H24N4O/c1-10(2)17-8-4-5-11(17)9-12-15-13-6-3-7-14(19)18(13)16-12/h10-11,14,19H,3-9H2,1-2H3. The first kappa shape index (κ1) is 13.1. The van der Waals surface area contributed by atoms with Crippen molar-refractivity contribution in [2.24, 2.45) is 0 Å². The Kier molecular flexibility index (Phi) is 3.58. The first-order valence-corrected chi connectivity index (χ1v) is 7.53. The molecule has 3 rings (SSSR count). The van der Waals surface area contributed by atoms with E-state index >= 15 is 0 Å². The van der Waals surface area contributed by atoms with Gasteiger partial charge in [-0.15, -0.1) is 0 Å². The molecule has 106 valence electrons. The highest BCUT2D eigenvalue weighted by Gasteiger charge is 2.29. The van der Waals surface area contributed by atoms with Crippen molar-refractivity contribution in [3.8, 4) is 0 Å². The van der Waals surface area contributed by atoms with Crippen molar-refractivity contribution in [1.82, 2.24) is 19.7 Å². The largest absolute Gasteiger partial charge is 0.372 e. The number of rotatable bonds is 3. The van der Waals surface area contributed by atoms with Gasteiger partial charge in [-0.05, 0) is 46.1 Å². The van der Waals surface area contributed by atoms with Crippen LogP contribution in [0, 0.1) is 0 Å². The van der Waals surface area contributed by atoms with Crippen LogP contribution in [0.4, 0.5) is 0 Å². The zero-order valence-electron chi connectivity index (χ0n) is 11.9. The molecule has 2 unspecified atom stereocenters. The number of aliphatic hydroxyl groups is 1. The van der Waals surface area contributed by atoms with Crippen LogP contribution in [0.15, 0.2) is 0 Å². The molecule has 0 radical (unpaired) electrons. The second-order valence-corrected chi connectivity index (χ2v) is 6.09. The molecule has 1 saturated heterocycles. The average molecular weight is 264 g/mol. The number of aliphatic hydroxyl groups excluding tert-OH is 1. The van der Waals surface area contributed by atoms with Gasteiger partial charge in [-0.3, -0.25) is 4.90 Å². The Hall–Kier alpha value is -0.940. The average Bonchev–Trinajstić information content (AvgIpc) is 2.96. The molecule has 0 aliphatic carbocycles. The van der Waals surface area contributed by atoms with Crippen molar-refractivity contribution in [2.45, 2.75) is 70.7 Å². The summed E-state index contributed by atoms with van der Waals surface area (Å²) in [6, 6.07) is 1.16. The van der Waals surface area contributed by atoms with Gasteiger partial charge >= 0.3 is 0 Å². The van der Waals surface area contributed by atoms with E-state index in [1.165, 1.54) is 19.4 Å². The van der Waals surface area contributed by atoms with E-state index in [1.54, 1.807) is 4.68 Å². The van der Waals surface area contributed by atoms with Crippen molar-refractivity contribution in [3.05, 3.63) is 11.6 Å². The molecule has 0 spiro atoms. The van der Waals surface area contributed by atoms with Gasteiger partial charge in [0.25, 0.3) is 0 Å². The molecular formula is C14H24N4O. The van der Waals surface area contributed by atoms with E-state index in [1.807, 2.05) is 0 Å². The third-order valence-electron chi connectivity index (χ3n) is 4.39. The minimum Gasteiger partial charge on any atom is -0.372 e. The Morgan fingerprint density at radius 1 is 1.32 bits per heavy atom. The van der Waals surface area contributed by atoms with E-state index in [0.29, 0.717) is 12.1 Å². The third-order valence-corrected chi connectivity index (χ3v) is 4.39. The maximum Gasteiger partial charge on any atom is 0.152 e. The molecule has 19 heavy (non-hydrogen) atoms. The van der Waals surface area contributed by atoms with Crippen molar-refractivity contribution in [3.63, 3.8) is 0 Å². The molecule has 1 aromatic rings. The molecule has 1 N–H and O–H groups in total. The lowest BCUT2D eigenvalue weighted by molar-refractivity contribution is 0.0642. The van der Waals surface area contributed by atoms with Crippen molar-refractivity contribution >= 4 is 0 Å². The number of fused-ring (bicyclic) bond motifs is 1. The smallest absolute Gasteiger partial charge is 0.152 e. The molecule has 0 saturated carbocycles. The predicted octanol–water partition coefficient (Wildman–Crippen LogP) is 1.52. The van der Waals surface area contributed by atoms with Crippen LogP contribution in [0.5, 0.6) is 0 Å². The molecule has 3 heterocycles. The summed E-state index contributed by atoms with van der Waals surface area (Å²) < 4.78 is 1.73. The number of nitrogens with zero attached hydrogens (tertiary/aromatic N) is 4. The van der Waals surface area contributed by atoms with Gasteiger partial charge < -0.3 is 5.11 Å². The zero-order valence-corrected chi connectivity index (χ0v) is 11.9. The van der Waals surface area contributed by atoms with Gasteiger partial charge in [-0.25, -0.2) is 9.67 Å². The van der Waals surface area contributed by atoms with E-state index in [4.69, 9.17) is 0 Å². The number of hydrogen-bond donors (Lipinski definition) is 1. The zero-order chi connectivity index (χ0) is 13.4. The quantitative estimate of drug-likeness (QED) is 0.899. The molecule has 0 amide bonds. The Morgan fingerprint density at radius 2 is 2.16 bits per heavy atom. The van der Waals surface area contributed by atoms with Crippen LogP contribution in [0.1, 0.15) is 57.4 Å². The summed E-state index contributed by atoms with van der Waals surface area (Å²) in [5.74, 6) is 1.87. The molecule has 0 aromatic carbocycles. The summed E-state index contributed by atoms with van der Waals surface area (Å²) in [4.78, 5) is 7.18. The molecule has 2 aliphatic heterocycles. The first-order chi connectivity index (χ1) is 9.15. The fraction of sp³-hybridized carbons (Fsp3) is 0.857. The second-order valence-electron chi connectivity index (χ2n) is 6.09. The van der Waals surface area contributed by atoms with Gasteiger partial charge in [-0.1, -0.05) is 0 Å². The number of likely N-dealkylation sites (tertiary alicyclic amines) is 1. The third kappa shape index (κ3) is 2.54. The van der Waals surface area contributed by atoms with E-state index in [-0.39, 0.29) is 0 Å². The lowest BCUT2D eigenvalue weighted by atomic mass is 10.1. The Morgan fingerprint density at radius 3 is 2.89 bits per heavy atom. The summed E-state index contributed by atoms with van der Waals surface area (Å²) in [6.07, 6.45) is 5.74. The van der Waals surface area contributed by atoms with Crippen LogP contribution in [-0.4, -0.2) is 43.4 Å². The van der Waals surface area contributed by atoms with Gasteiger partial charge in [0.15, 0.2) is 5.82 Å². The van der Waals surface area contributed by atoms with Crippen molar-refractivity contribution in [1.29, 1.82) is 0 Å². The SMILES string of the molecule is CC(C)N1CCCC1Cc1nc2n(n1)C(O)CCC2. The van der Waals surface area contributed by atoms with Crippen molar-refractivity contribution in [2.75, 3.05) is 6.54 Å². The summed E-state index contributed by atoms with van der Waals surface area (Å²) in [7, 11) is 0. The van der Waals surface area contributed by atoms with E-state index in [2.05, 4.69) is 28.8 Å². The van der Waals surface area contributed by atoms with Gasteiger partial charge in [0.05, 0.1) is 0 Å². The van der Waals surface area contributed by atoms with Gasteiger partial charge in [-0.2, -0.15) is 5.10 Å². The summed E-state index contributed by atoms with van der Waals surface area (Å²) in [6.45, 7) is 5.71. The lowest BCUT2D eigenvalue weighted by Crippen LogP contribution is -2.36. The van der Waals surface area contributed by atoms with Gasteiger partial charge in [0.2, 0.25) is 0 Å². The second kappa shape index (κ2) is 5.21. The molecule has 2 atom stereocenters. The molecule has 2 aliphatic rings. The number of aryl methyl sites for hydroxylation is 1. The fourth-order valence-corrected chi connectivity index (χ4v) is 3.43. The van der Waals surface area contributed by atoms with E-state index < -0.39 is 6.23 Å². The van der Waals surface area contributed by atoms with Crippen LogP contribution in [0.2, 0.25) is 0 Å². The maximum absolute atomic E-state index is 9.93. The van der Waals surface area contributed by atoms with Crippen LogP contribution in [0.25, 0.3) is 0 Å². The predicted molar refractivity (Wildman–Crippen MR) is 72.8 cm³/mol. The van der Waals surface area contributed by atoms with Crippen LogP contribution in [0.3, 0.4) is 0 Å². The first-order valence-electron chi connectivity index (χ1n) is 7.53. The number of aromatic nitrogens is 3. The van der Waals surface area contributed by atoms with Crippen LogP contribution in [-0.2, 0) is 12.8 Å². The highest BCUT2D eigenvalue weighted by molar-refractivity contribution is 5.00. The molecule has 0 bridgehead atoms. The molecule has 1 fully saturated rings. The lowest BCUT2D eigenvalue weighted by Gasteiger charge is -2.27. The molecule has 1 aromatic heterocycles. The van der Waals surface area contributed by atoms with Gasteiger partial charge in [0, 0.05) is 24.9 Å². The molecule has 5 nitrogen and oxygen atoms in total. The summed E-state index contributed by atoms with van der Waals surface area (Å²) >= 11 is 0. The van der Waals surface area contributed by atoms with Crippen molar-refractivity contribution < 1.29 is 5.11 Å². The minimum atomic E-state index is -0.463. The Bertz CT molecular complexity index is 443. The summed E-state index contributed by atoms with van der Waals surface area (Å²) in [5.41, 5.74) is 0. The monoisotopic (exact) mass is 264 g/mol. The number of hydrogen-bond acceptors (Lipinski definition) is 4. The molecule has 5 heteroatoms. The Labute approximate surface area is 114 Å².